The fraction of sp³-hybridized carbons (Fsp3) is 0.235. The lowest BCUT2D eigenvalue weighted by atomic mass is 10.2. The quantitative estimate of drug-likeness (QED) is 0.808. The highest BCUT2D eigenvalue weighted by Crippen LogP contribution is 2.23. The SMILES string of the molecule is CCCS(=O)(=O)N(Cc1ccc(Cl)cc1)c1ccc(C(=O)O)cc1. The molecule has 0 aromatic heterocycles. The highest BCUT2D eigenvalue weighted by atomic mass is 35.5. The van der Waals surface area contributed by atoms with Gasteiger partial charge in [0.05, 0.1) is 23.5 Å². The van der Waals surface area contributed by atoms with E-state index >= 15 is 0 Å². The predicted molar refractivity (Wildman–Crippen MR) is 95.1 cm³/mol. The van der Waals surface area contributed by atoms with Crippen LogP contribution >= 0.6 is 11.6 Å². The molecule has 1 N–H and O–H groups in total. The van der Waals surface area contributed by atoms with Crippen molar-refractivity contribution in [2.24, 2.45) is 0 Å². The van der Waals surface area contributed by atoms with Crippen LogP contribution in [0.5, 0.6) is 0 Å². The van der Waals surface area contributed by atoms with Crippen LogP contribution in [0.2, 0.25) is 5.02 Å². The number of sulfonamides is 1. The van der Waals surface area contributed by atoms with Gasteiger partial charge in [-0.1, -0.05) is 30.7 Å². The number of hydrogen-bond acceptors (Lipinski definition) is 3. The molecule has 24 heavy (non-hydrogen) atoms. The Morgan fingerprint density at radius 2 is 1.67 bits per heavy atom. The van der Waals surface area contributed by atoms with E-state index in [0.717, 1.165) is 5.56 Å². The van der Waals surface area contributed by atoms with Gasteiger partial charge in [-0.2, -0.15) is 0 Å². The summed E-state index contributed by atoms with van der Waals surface area (Å²) in [5.41, 5.74) is 1.34. The highest BCUT2D eigenvalue weighted by molar-refractivity contribution is 7.92. The molecule has 2 aromatic carbocycles. The van der Waals surface area contributed by atoms with Crippen molar-refractivity contribution in [1.82, 2.24) is 0 Å². The first-order chi connectivity index (χ1) is 11.3. The Bertz CT molecular complexity index is 801. The molecule has 0 amide bonds. The minimum Gasteiger partial charge on any atom is -0.478 e. The second-order valence-corrected chi connectivity index (χ2v) is 7.75. The van der Waals surface area contributed by atoms with Crippen molar-refractivity contribution in [3.63, 3.8) is 0 Å². The number of aromatic carboxylic acids is 1. The van der Waals surface area contributed by atoms with Gasteiger partial charge in [0, 0.05) is 5.02 Å². The number of benzene rings is 2. The number of carboxylic acids is 1. The fourth-order valence-corrected chi connectivity index (χ4v) is 3.90. The first-order valence-corrected chi connectivity index (χ1v) is 9.40. The lowest BCUT2D eigenvalue weighted by molar-refractivity contribution is 0.0697. The molecule has 2 rings (SSSR count). The van der Waals surface area contributed by atoms with Crippen molar-refractivity contribution in [3.8, 4) is 0 Å². The van der Waals surface area contributed by atoms with Gasteiger partial charge in [-0.05, 0) is 48.4 Å². The van der Waals surface area contributed by atoms with Crippen molar-refractivity contribution >= 4 is 33.3 Å². The number of carbonyl (C=O) groups is 1. The zero-order valence-corrected chi connectivity index (χ0v) is 14.7. The summed E-state index contributed by atoms with van der Waals surface area (Å²) in [5.74, 6) is -1.04. The van der Waals surface area contributed by atoms with Crippen LogP contribution in [0.15, 0.2) is 48.5 Å². The van der Waals surface area contributed by atoms with Crippen molar-refractivity contribution in [2.45, 2.75) is 19.9 Å². The van der Waals surface area contributed by atoms with Crippen molar-refractivity contribution in [3.05, 3.63) is 64.7 Å². The maximum Gasteiger partial charge on any atom is 0.335 e. The molecule has 0 bridgehead atoms. The van der Waals surface area contributed by atoms with Gasteiger partial charge in [0.2, 0.25) is 10.0 Å². The van der Waals surface area contributed by atoms with Crippen LogP contribution < -0.4 is 4.31 Å². The highest BCUT2D eigenvalue weighted by Gasteiger charge is 2.22. The number of anilines is 1. The Morgan fingerprint density at radius 1 is 1.08 bits per heavy atom. The van der Waals surface area contributed by atoms with Gasteiger partial charge < -0.3 is 5.11 Å². The first kappa shape index (κ1) is 18.3. The third kappa shape index (κ3) is 4.49. The van der Waals surface area contributed by atoms with Gasteiger partial charge in [-0.25, -0.2) is 13.2 Å². The lowest BCUT2D eigenvalue weighted by Crippen LogP contribution is -2.32. The van der Waals surface area contributed by atoms with Gasteiger partial charge in [-0.15, -0.1) is 0 Å². The number of halogens is 1. The zero-order valence-electron chi connectivity index (χ0n) is 13.1. The molecule has 0 spiro atoms. The molecule has 0 unspecified atom stereocenters. The molecular weight excluding hydrogens is 350 g/mol. The van der Waals surface area contributed by atoms with E-state index in [0.29, 0.717) is 17.1 Å². The molecule has 0 heterocycles. The lowest BCUT2D eigenvalue weighted by Gasteiger charge is -2.24. The number of hydrogen-bond donors (Lipinski definition) is 1. The molecule has 0 fully saturated rings. The molecule has 0 saturated carbocycles. The standard InChI is InChI=1S/C17H18ClNO4S/c1-2-11-24(22,23)19(12-13-3-7-15(18)8-4-13)16-9-5-14(6-10-16)17(20)21/h3-10H,2,11-12H2,1H3,(H,20,21). The normalized spacial score (nSPS) is 11.2. The molecule has 5 nitrogen and oxygen atoms in total. The molecule has 128 valence electrons. The van der Waals surface area contributed by atoms with Crippen LogP contribution in [0.4, 0.5) is 5.69 Å². The fourth-order valence-electron chi connectivity index (χ4n) is 2.24. The summed E-state index contributed by atoms with van der Waals surface area (Å²) < 4.78 is 26.5. The average molecular weight is 368 g/mol. The molecule has 0 saturated heterocycles. The molecule has 0 aliphatic rings. The van der Waals surface area contributed by atoms with Gasteiger partial charge >= 0.3 is 5.97 Å². The summed E-state index contributed by atoms with van der Waals surface area (Å²) >= 11 is 5.86. The molecule has 0 aliphatic carbocycles. The van der Waals surface area contributed by atoms with Crippen molar-refractivity contribution < 1.29 is 18.3 Å². The van der Waals surface area contributed by atoms with E-state index in [1.807, 2.05) is 0 Å². The minimum atomic E-state index is -3.51. The van der Waals surface area contributed by atoms with E-state index < -0.39 is 16.0 Å². The van der Waals surface area contributed by atoms with Crippen molar-refractivity contribution in [2.75, 3.05) is 10.1 Å². The number of nitrogens with zero attached hydrogens (tertiary/aromatic N) is 1. The molecule has 0 aliphatic heterocycles. The maximum absolute atomic E-state index is 12.6. The van der Waals surface area contributed by atoms with E-state index in [2.05, 4.69) is 0 Å². The van der Waals surface area contributed by atoms with E-state index in [9.17, 15) is 13.2 Å². The Labute approximate surface area is 146 Å². The Balaban J connectivity index is 2.38. The van der Waals surface area contributed by atoms with Crippen LogP contribution in [0.1, 0.15) is 29.3 Å². The maximum atomic E-state index is 12.6. The van der Waals surface area contributed by atoms with Crippen LogP contribution in [-0.4, -0.2) is 25.2 Å². The predicted octanol–water partition coefficient (Wildman–Crippen LogP) is 3.78. The van der Waals surface area contributed by atoms with Gasteiger partial charge in [0.1, 0.15) is 0 Å². The van der Waals surface area contributed by atoms with Crippen LogP contribution in [0.25, 0.3) is 0 Å². The Morgan fingerprint density at radius 3 is 2.17 bits per heavy atom. The molecule has 0 atom stereocenters. The number of carboxylic acid groups (broad SMARTS) is 1. The smallest absolute Gasteiger partial charge is 0.335 e. The number of rotatable bonds is 7. The zero-order chi connectivity index (χ0) is 17.7. The van der Waals surface area contributed by atoms with E-state index in [4.69, 9.17) is 16.7 Å². The van der Waals surface area contributed by atoms with Crippen LogP contribution in [0.3, 0.4) is 0 Å². The Hall–Kier alpha value is -2.05. The monoisotopic (exact) mass is 367 g/mol. The summed E-state index contributed by atoms with van der Waals surface area (Å²) in [6.45, 7) is 1.96. The second kappa shape index (κ2) is 7.68. The van der Waals surface area contributed by atoms with Gasteiger partial charge in [0.15, 0.2) is 0 Å². The van der Waals surface area contributed by atoms with Crippen LogP contribution in [-0.2, 0) is 16.6 Å². The molecule has 2 aromatic rings. The summed E-state index contributed by atoms with van der Waals surface area (Å²) in [7, 11) is -3.51. The van der Waals surface area contributed by atoms with E-state index in [-0.39, 0.29) is 17.9 Å². The average Bonchev–Trinajstić information content (AvgIpc) is 2.54. The Kier molecular flexibility index (Phi) is 5.85. The molecule has 0 radical (unpaired) electrons. The summed E-state index contributed by atoms with van der Waals surface area (Å²) in [5, 5.41) is 9.55. The largest absolute Gasteiger partial charge is 0.478 e. The van der Waals surface area contributed by atoms with E-state index in [1.165, 1.54) is 28.6 Å². The molecular formula is C17H18ClNO4S. The summed E-state index contributed by atoms with van der Waals surface area (Å²) in [6.07, 6.45) is 0.493. The second-order valence-electron chi connectivity index (χ2n) is 5.30. The third-order valence-electron chi connectivity index (χ3n) is 3.44. The topological polar surface area (TPSA) is 74.7 Å². The van der Waals surface area contributed by atoms with E-state index in [1.54, 1.807) is 31.2 Å². The summed E-state index contributed by atoms with van der Waals surface area (Å²) in [6, 6.07) is 12.7. The van der Waals surface area contributed by atoms with Gasteiger partial charge in [0.25, 0.3) is 0 Å². The summed E-state index contributed by atoms with van der Waals surface area (Å²) in [4.78, 5) is 11.0. The molecule has 7 heteroatoms. The van der Waals surface area contributed by atoms with Crippen molar-refractivity contribution in [1.29, 1.82) is 0 Å². The third-order valence-corrected chi connectivity index (χ3v) is 5.63. The first-order valence-electron chi connectivity index (χ1n) is 7.41. The van der Waals surface area contributed by atoms with Crippen LogP contribution in [0, 0.1) is 0 Å². The minimum absolute atomic E-state index is 0.0152. The van der Waals surface area contributed by atoms with Gasteiger partial charge in [-0.3, -0.25) is 4.31 Å².